The summed E-state index contributed by atoms with van der Waals surface area (Å²) in [5.41, 5.74) is 3.56. The second-order valence-electron chi connectivity index (χ2n) is 5.69. The molecule has 0 bridgehead atoms. The lowest BCUT2D eigenvalue weighted by atomic mass is 10.1. The van der Waals surface area contributed by atoms with Crippen molar-refractivity contribution in [3.05, 3.63) is 71.6 Å². The fraction of sp³-hybridized carbons (Fsp3) is 0.211. The molecule has 0 aliphatic carbocycles. The largest absolute Gasteiger partial charge is 0.386 e. The van der Waals surface area contributed by atoms with Gasteiger partial charge in [0.1, 0.15) is 0 Å². The highest BCUT2D eigenvalue weighted by Crippen LogP contribution is 2.30. The highest BCUT2D eigenvalue weighted by molar-refractivity contribution is 6.00. The van der Waals surface area contributed by atoms with Crippen molar-refractivity contribution in [2.45, 2.75) is 13.1 Å². The fourth-order valence-electron chi connectivity index (χ4n) is 2.96. The minimum Gasteiger partial charge on any atom is -0.386 e. The smallest absolute Gasteiger partial charge is 0.254 e. The molecule has 0 fully saturated rings. The Morgan fingerprint density at radius 2 is 2.00 bits per heavy atom. The van der Waals surface area contributed by atoms with E-state index >= 15 is 0 Å². The minimum absolute atomic E-state index is 0.0110. The third kappa shape index (κ3) is 2.85. The van der Waals surface area contributed by atoms with Crippen LogP contribution in [0.1, 0.15) is 21.5 Å². The van der Waals surface area contributed by atoms with Gasteiger partial charge in [-0.3, -0.25) is 4.79 Å². The average molecular weight is 325 g/mol. The summed E-state index contributed by atoms with van der Waals surface area (Å²) in [6.07, 6.45) is 1.72. The quantitative estimate of drug-likeness (QED) is 0.797. The van der Waals surface area contributed by atoms with Crippen LogP contribution in [0.15, 0.2) is 49.1 Å². The van der Waals surface area contributed by atoms with Crippen LogP contribution >= 0.6 is 0 Å². The highest BCUT2D eigenvalue weighted by Gasteiger charge is 2.28. The number of nitrogens with zero attached hydrogens (tertiary/aromatic N) is 1. The molecule has 1 heterocycles. The molecule has 0 spiro atoms. The molecule has 3 rings (SSSR count). The molecule has 1 aliphatic heterocycles. The Kier molecular flexibility index (Phi) is 4.51. The van der Waals surface area contributed by atoms with Crippen molar-refractivity contribution in [1.29, 1.82) is 0 Å². The third-order valence-electron chi connectivity index (χ3n) is 4.21. The molecule has 0 saturated carbocycles. The van der Waals surface area contributed by atoms with Crippen LogP contribution in [-0.2, 0) is 13.1 Å². The van der Waals surface area contributed by atoms with Gasteiger partial charge in [-0.2, -0.15) is 0 Å². The molecule has 124 valence electrons. The summed E-state index contributed by atoms with van der Waals surface area (Å²) >= 11 is 0. The second kappa shape index (κ2) is 6.74. The average Bonchev–Trinajstić information content (AvgIpc) is 2.91. The highest BCUT2D eigenvalue weighted by atomic mass is 19.1. The van der Waals surface area contributed by atoms with Crippen molar-refractivity contribution in [2.24, 2.45) is 0 Å². The predicted octanol–water partition coefficient (Wildman–Crippen LogP) is 3.62. The van der Waals surface area contributed by atoms with Crippen LogP contribution in [0.25, 0.3) is 0 Å². The van der Waals surface area contributed by atoms with Crippen LogP contribution in [0.3, 0.4) is 0 Å². The van der Waals surface area contributed by atoms with Gasteiger partial charge in [-0.25, -0.2) is 4.39 Å². The van der Waals surface area contributed by atoms with Gasteiger partial charge in [-0.1, -0.05) is 24.3 Å². The molecule has 0 radical (unpaired) electrons. The van der Waals surface area contributed by atoms with Crippen molar-refractivity contribution in [2.75, 3.05) is 24.2 Å². The molecule has 0 atom stereocenters. The number of hydrogen-bond donors (Lipinski definition) is 2. The van der Waals surface area contributed by atoms with Crippen molar-refractivity contribution < 1.29 is 9.18 Å². The normalized spacial score (nSPS) is 12.9. The van der Waals surface area contributed by atoms with Gasteiger partial charge in [0, 0.05) is 49.1 Å². The molecular weight excluding hydrogens is 305 g/mol. The van der Waals surface area contributed by atoms with E-state index in [0.29, 0.717) is 36.4 Å². The molecule has 2 aromatic carbocycles. The Bertz CT molecular complexity index is 788. The maximum absolute atomic E-state index is 14.3. The van der Waals surface area contributed by atoms with Crippen molar-refractivity contribution >= 4 is 17.3 Å². The van der Waals surface area contributed by atoms with Gasteiger partial charge in [0.05, 0.1) is 5.69 Å². The first-order valence-electron chi connectivity index (χ1n) is 7.86. The van der Waals surface area contributed by atoms with Crippen LogP contribution in [0.5, 0.6) is 0 Å². The number of halogens is 1. The number of amides is 1. The van der Waals surface area contributed by atoms with Crippen LogP contribution in [0.2, 0.25) is 0 Å². The Labute approximate surface area is 141 Å². The maximum Gasteiger partial charge on any atom is 0.254 e. The molecular formula is C19H20FN3O. The van der Waals surface area contributed by atoms with E-state index in [-0.39, 0.29) is 11.7 Å². The summed E-state index contributed by atoms with van der Waals surface area (Å²) in [5, 5.41) is 6.10. The van der Waals surface area contributed by atoms with Crippen LogP contribution < -0.4 is 10.6 Å². The molecule has 0 aromatic heterocycles. The number of hydrogen-bond acceptors (Lipinski definition) is 3. The first-order valence-corrected chi connectivity index (χ1v) is 7.86. The zero-order valence-electron chi connectivity index (χ0n) is 13.6. The molecule has 0 saturated heterocycles. The van der Waals surface area contributed by atoms with E-state index in [2.05, 4.69) is 17.2 Å². The maximum atomic E-state index is 14.3. The van der Waals surface area contributed by atoms with E-state index in [1.54, 1.807) is 30.2 Å². The third-order valence-corrected chi connectivity index (χ3v) is 4.21. The summed E-state index contributed by atoms with van der Waals surface area (Å²) in [5.74, 6) is -0.249. The molecule has 2 N–H and O–H groups in total. The topological polar surface area (TPSA) is 44.4 Å². The number of rotatable bonds is 6. The molecule has 1 amide bonds. The monoisotopic (exact) mass is 325 g/mol. The van der Waals surface area contributed by atoms with Crippen molar-refractivity contribution in [1.82, 2.24) is 4.90 Å². The predicted molar refractivity (Wildman–Crippen MR) is 94.7 cm³/mol. The lowest BCUT2D eigenvalue weighted by Gasteiger charge is -2.14. The minimum atomic E-state index is -0.260. The van der Waals surface area contributed by atoms with E-state index in [1.807, 2.05) is 24.3 Å². The SMILES string of the molecule is C=CCN1Cc2c(NCc3cccc(NC)c3F)cccc2C1=O. The van der Waals surface area contributed by atoms with Gasteiger partial charge >= 0.3 is 0 Å². The fourth-order valence-corrected chi connectivity index (χ4v) is 2.96. The summed E-state index contributed by atoms with van der Waals surface area (Å²) in [6, 6.07) is 10.9. The molecule has 5 heteroatoms. The number of fused-ring (bicyclic) bond motifs is 1. The Morgan fingerprint density at radius 3 is 2.75 bits per heavy atom. The van der Waals surface area contributed by atoms with E-state index < -0.39 is 0 Å². The Balaban J connectivity index is 1.81. The summed E-state index contributed by atoms with van der Waals surface area (Å²) in [4.78, 5) is 14.1. The van der Waals surface area contributed by atoms with Crippen LogP contribution in [0.4, 0.5) is 15.8 Å². The van der Waals surface area contributed by atoms with E-state index in [9.17, 15) is 9.18 Å². The van der Waals surface area contributed by atoms with Crippen molar-refractivity contribution in [3.8, 4) is 0 Å². The number of carbonyl (C=O) groups is 1. The van der Waals surface area contributed by atoms with E-state index in [1.165, 1.54) is 0 Å². The number of carbonyl (C=O) groups excluding carboxylic acids is 1. The Morgan fingerprint density at radius 1 is 1.25 bits per heavy atom. The lowest BCUT2D eigenvalue weighted by Crippen LogP contribution is -2.23. The van der Waals surface area contributed by atoms with Crippen LogP contribution in [-0.4, -0.2) is 24.4 Å². The first-order chi connectivity index (χ1) is 11.7. The van der Waals surface area contributed by atoms with Crippen LogP contribution in [0, 0.1) is 5.82 Å². The zero-order chi connectivity index (χ0) is 17.1. The molecule has 2 aromatic rings. The van der Waals surface area contributed by atoms with Crippen molar-refractivity contribution in [3.63, 3.8) is 0 Å². The second-order valence-corrected chi connectivity index (χ2v) is 5.69. The van der Waals surface area contributed by atoms with Gasteiger partial charge in [0.25, 0.3) is 5.91 Å². The Hall–Kier alpha value is -2.82. The number of nitrogens with one attached hydrogen (secondary N) is 2. The molecule has 4 nitrogen and oxygen atoms in total. The number of benzene rings is 2. The zero-order valence-corrected chi connectivity index (χ0v) is 13.6. The summed E-state index contributed by atoms with van der Waals surface area (Å²) in [7, 11) is 1.69. The van der Waals surface area contributed by atoms with Gasteiger partial charge < -0.3 is 15.5 Å². The van der Waals surface area contributed by atoms with Gasteiger partial charge in [0.15, 0.2) is 5.82 Å². The summed E-state index contributed by atoms with van der Waals surface area (Å²) < 4.78 is 14.3. The van der Waals surface area contributed by atoms with E-state index in [0.717, 1.165) is 11.3 Å². The molecule has 0 unspecified atom stereocenters. The molecule has 24 heavy (non-hydrogen) atoms. The van der Waals surface area contributed by atoms with Gasteiger partial charge in [0.2, 0.25) is 0 Å². The molecule has 1 aliphatic rings. The van der Waals surface area contributed by atoms with E-state index in [4.69, 9.17) is 0 Å². The summed E-state index contributed by atoms with van der Waals surface area (Å²) in [6.45, 7) is 5.11. The first kappa shape index (κ1) is 16.1. The lowest BCUT2D eigenvalue weighted by molar-refractivity contribution is 0.0796. The van der Waals surface area contributed by atoms with Gasteiger partial charge in [-0.05, 0) is 18.2 Å². The standard InChI is InChI=1S/C19H20FN3O/c1-3-10-23-12-15-14(19(23)24)7-5-8-16(15)22-11-13-6-4-9-17(21-2)18(13)20/h3-9,21-22H,1,10-12H2,2H3. The number of anilines is 2. The van der Waals surface area contributed by atoms with Gasteiger partial charge in [-0.15, -0.1) is 6.58 Å².